The Morgan fingerprint density at radius 3 is 2.85 bits per heavy atom. The third-order valence-electron chi connectivity index (χ3n) is 3.22. The summed E-state index contributed by atoms with van der Waals surface area (Å²) in [7, 11) is 0. The summed E-state index contributed by atoms with van der Waals surface area (Å²) in [4.78, 5) is 7.06. The van der Waals surface area contributed by atoms with Crippen LogP contribution in [0.25, 0.3) is 11.0 Å². The predicted molar refractivity (Wildman–Crippen MR) is 82.3 cm³/mol. The van der Waals surface area contributed by atoms with Crippen LogP contribution in [0.4, 0.5) is 4.39 Å². The van der Waals surface area contributed by atoms with E-state index in [1.807, 2.05) is 0 Å². The van der Waals surface area contributed by atoms with Gasteiger partial charge in [-0.2, -0.15) is 0 Å². The average molecular weight is 309 g/mol. The SMILES string of the molecule is Cc1ccc(Cn2c(CCCl)nc3cc(F)ccc32)s1. The van der Waals surface area contributed by atoms with Gasteiger partial charge in [0.05, 0.1) is 17.6 Å². The van der Waals surface area contributed by atoms with Gasteiger partial charge in [0.25, 0.3) is 0 Å². The molecular weight excluding hydrogens is 295 g/mol. The van der Waals surface area contributed by atoms with Gasteiger partial charge >= 0.3 is 0 Å². The van der Waals surface area contributed by atoms with Crippen molar-refractivity contribution in [3.63, 3.8) is 0 Å². The van der Waals surface area contributed by atoms with Gasteiger partial charge in [0.2, 0.25) is 0 Å². The topological polar surface area (TPSA) is 17.8 Å². The second-order valence-corrected chi connectivity index (χ2v) is 6.45. The van der Waals surface area contributed by atoms with E-state index in [4.69, 9.17) is 11.6 Å². The molecule has 0 aliphatic carbocycles. The molecule has 104 valence electrons. The fraction of sp³-hybridized carbons (Fsp3) is 0.267. The van der Waals surface area contributed by atoms with E-state index in [2.05, 4.69) is 28.6 Å². The van der Waals surface area contributed by atoms with Crippen molar-refractivity contribution in [1.29, 1.82) is 0 Å². The van der Waals surface area contributed by atoms with Crippen molar-refractivity contribution in [1.82, 2.24) is 9.55 Å². The molecule has 0 N–H and O–H groups in total. The zero-order valence-electron chi connectivity index (χ0n) is 11.1. The van der Waals surface area contributed by atoms with Crippen molar-refractivity contribution < 1.29 is 4.39 Å². The molecule has 0 spiro atoms. The smallest absolute Gasteiger partial charge is 0.125 e. The number of alkyl halides is 1. The number of thiophene rings is 1. The zero-order valence-corrected chi connectivity index (χ0v) is 12.6. The van der Waals surface area contributed by atoms with Gasteiger partial charge < -0.3 is 4.57 Å². The van der Waals surface area contributed by atoms with Gasteiger partial charge in [0.1, 0.15) is 11.6 Å². The molecule has 0 saturated carbocycles. The number of aryl methyl sites for hydroxylation is 2. The molecule has 3 aromatic rings. The fourth-order valence-corrected chi connectivity index (χ4v) is 3.38. The van der Waals surface area contributed by atoms with E-state index in [1.54, 1.807) is 17.4 Å². The van der Waals surface area contributed by atoms with Gasteiger partial charge in [-0.3, -0.25) is 0 Å². The molecule has 1 aromatic carbocycles. The first-order chi connectivity index (χ1) is 9.67. The number of halogens is 2. The first kappa shape index (κ1) is 13.6. The molecule has 0 atom stereocenters. The van der Waals surface area contributed by atoms with Gasteiger partial charge in [-0.25, -0.2) is 9.37 Å². The summed E-state index contributed by atoms with van der Waals surface area (Å²) in [5.41, 5.74) is 1.65. The highest BCUT2D eigenvalue weighted by molar-refractivity contribution is 7.11. The van der Waals surface area contributed by atoms with Crippen LogP contribution in [-0.4, -0.2) is 15.4 Å². The maximum atomic E-state index is 13.3. The molecule has 0 unspecified atom stereocenters. The van der Waals surface area contributed by atoms with Crippen molar-refractivity contribution in [2.45, 2.75) is 19.9 Å². The number of hydrogen-bond acceptors (Lipinski definition) is 2. The van der Waals surface area contributed by atoms with E-state index in [-0.39, 0.29) is 5.82 Å². The molecule has 0 aliphatic heterocycles. The molecule has 0 bridgehead atoms. The summed E-state index contributed by atoms with van der Waals surface area (Å²) in [6.07, 6.45) is 0.683. The summed E-state index contributed by atoms with van der Waals surface area (Å²) in [5.74, 6) is 1.16. The number of hydrogen-bond donors (Lipinski definition) is 0. The molecule has 0 aliphatic rings. The highest BCUT2D eigenvalue weighted by Crippen LogP contribution is 2.23. The van der Waals surface area contributed by atoms with Crippen molar-refractivity contribution in [2.75, 3.05) is 5.88 Å². The van der Waals surface area contributed by atoms with Crippen molar-refractivity contribution >= 4 is 34.0 Å². The summed E-state index contributed by atoms with van der Waals surface area (Å²) >= 11 is 7.62. The Hall–Kier alpha value is -1.39. The van der Waals surface area contributed by atoms with Crippen LogP contribution in [0, 0.1) is 12.7 Å². The van der Waals surface area contributed by atoms with Crippen molar-refractivity contribution in [2.24, 2.45) is 0 Å². The van der Waals surface area contributed by atoms with Gasteiger partial charge in [-0.1, -0.05) is 0 Å². The largest absolute Gasteiger partial charge is 0.323 e. The van der Waals surface area contributed by atoms with Crippen LogP contribution in [0.1, 0.15) is 15.6 Å². The van der Waals surface area contributed by atoms with Crippen LogP contribution in [0.15, 0.2) is 30.3 Å². The number of imidazole rings is 1. The maximum absolute atomic E-state index is 13.3. The molecule has 3 rings (SSSR count). The summed E-state index contributed by atoms with van der Waals surface area (Å²) in [6, 6.07) is 8.98. The fourth-order valence-electron chi connectivity index (χ4n) is 2.33. The Kier molecular flexibility index (Phi) is 3.76. The van der Waals surface area contributed by atoms with Gasteiger partial charge in [-0.15, -0.1) is 22.9 Å². The second-order valence-electron chi connectivity index (χ2n) is 4.70. The third-order valence-corrected chi connectivity index (χ3v) is 4.39. The minimum absolute atomic E-state index is 0.258. The molecular formula is C15H14ClFN2S. The summed E-state index contributed by atoms with van der Waals surface area (Å²) in [5, 5.41) is 0. The van der Waals surface area contributed by atoms with Gasteiger partial charge in [0.15, 0.2) is 0 Å². The lowest BCUT2D eigenvalue weighted by atomic mass is 10.3. The third kappa shape index (κ3) is 2.58. The van der Waals surface area contributed by atoms with Crippen LogP contribution in [0.2, 0.25) is 0 Å². The molecule has 0 radical (unpaired) electrons. The van der Waals surface area contributed by atoms with E-state index < -0.39 is 0 Å². The Labute approximate surface area is 125 Å². The minimum atomic E-state index is -0.258. The van der Waals surface area contributed by atoms with Crippen molar-refractivity contribution in [3.8, 4) is 0 Å². The predicted octanol–water partition coefficient (Wildman–Crippen LogP) is 4.37. The number of nitrogens with zero attached hydrogens (tertiary/aromatic N) is 2. The number of benzene rings is 1. The highest BCUT2D eigenvalue weighted by atomic mass is 35.5. The molecule has 0 saturated heterocycles. The first-order valence-electron chi connectivity index (χ1n) is 6.43. The monoisotopic (exact) mass is 308 g/mol. The molecule has 0 amide bonds. The van der Waals surface area contributed by atoms with E-state index >= 15 is 0 Å². The quantitative estimate of drug-likeness (QED) is 0.654. The molecule has 5 heteroatoms. The Balaban J connectivity index is 2.08. The van der Waals surface area contributed by atoms with E-state index in [1.165, 1.54) is 21.9 Å². The van der Waals surface area contributed by atoms with E-state index in [0.29, 0.717) is 17.8 Å². The Morgan fingerprint density at radius 2 is 2.15 bits per heavy atom. The van der Waals surface area contributed by atoms with Crippen LogP contribution >= 0.6 is 22.9 Å². The lowest BCUT2D eigenvalue weighted by molar-refractivity contribution is 0.629. The van der Waals surface area contributed by atoms with Crippen LogP contribution < -0.4 is 0 Å². The first-order valence-corrected chi connectivity index (χ1v) is 7.78. The van der Waals surface area contributed by atoms with Gasteiger partial charge in [-0.05, 0) is 31.2 Å². The number of rotatable bonds is 4. The Morgan fingerprint density at radius 1 is 1.30 bits per heavy atom. The number of fused-ring (bicyclic) bond motifs is 1. The lowest BCUT2D eigenvalue weighted by Gasteiger charge is -2.06. The molecule has 0 fully saturated rings. The van der Waals surface area contributed by atoms with Gasteiger partial charge in [0, 0.05) is 28.1 Å². The van der Waals surface area contributed by atoms with Crippen LogP contribution in [-0.2, 0) is 13.0 Å². The second kappa shape index (κ2) is 5.54. The summed E-state index contributed by atoms with van der Waals surface area (Å²) < 4.78 is 15.4. The molecule has 2 nitrogen and oxygen atoms in total. The average Bonchev–Trinajstić information content (AvgIpc) is 2.95. The zero-order chi connectivity index (χ0) is 14.1. The van der Waals surface area contributed by atoms with Crippen LogP contribution in [0.5, 0.6) is 0 Å². The van der Waals surface area contributed by atoms with Crippen molar-refractivity contribution in [3.05, 3.63) is 51.7 Å². The maximum Gasteiger partial charge on any atom is 0.125 e. The van der Waals surface area contributed by atoms with Crippen LogP contribution in [0.3, 0.4) is 0 Å². The molecule has 20 heavy (non-hydrogen) atoms. The van der Waals surface area contributed by atoms with E-state index in [9.17, 15) is 4.39 Å². The highest BCUT2D eigenvalue weighted by Gasteiger charge is 2.12. The Bertz CT molecular complexity index is 747. The lowest BCUT2D eigenvalue weighted by Crippen LogP contribution is -2.04. The normalized spacial score (nSPS) is 11.3. The van der Waals surface area contributed by atoms with E-state index in [0.717, 1.165) is 17.9 Å². The summed E-state index contributed by atoms with van der Waals surface area (Å²) in [6.45, 7) is 2.85. The standard InChI is InChI=1S/C15H14ClFN2S/c1-10-2-4-12(20-10)9-19-14-5-3-11(17)8-13(14)18-15(19)6-7-16/h2-5,8H,6-7,9H2,1H3. The molecule has 2 aromatic heterocycles. The number of aromatic nitrogens is 2. The molecule has 2 heterocycles. The minimum Gasteiger partial charge on any atom is -0.323 e.